The lowest BCUT2D eigenvalue weighted by Crippen LogP contribution is -2.55. The van der Waals surface area contributed by atoms with Crippen LogP contribution in [0.25, 0.3) is 0 Å². The summed E-state index contributed by atoms with van der Waals surface area (Å²) in [5, 5.41) is 6.18. The fourth-order valence-corrected chi connectivity index (χ4v) is 2.41. The van der Waals surface area contributed by atoms with Gasteiger partial charge in [-0.3, -0.25) is 9.69 Å². The third kappa shape index (κ3) is 5.09. The highest BCUT2D eigenvalue weighted by Crippen LogP contribution is 2.27. The first-order valence-corrected chi connectivity index (χ1v) is 7.38. The summed E-state index contributed by atoms with van der Waals surface area (Å²) in [6.07, 6.45) is 2.64. The summed E-state index contributed by atoms with van der Waals surface area (Å²) < 4.78 is 5.48. The van der Waals surface area contributed by atoms with Gasteiger partial charge < -0.3 is 15.4 Å². The second-order valence-corrected chi connectivity index (χ2v) is 6.28. The first-order valence-electron chi connectivity index (χ1n) is 7.38. The highest BCUT2D eigenvalue weighted by atomic mass is 16.5. The van der Waals surface area contributed by atoms with Gasteiger partial charge in [0.1, 0.15) is 0 Å². The van der Waals surface area contributed by atoms with Crippen LogP contribution in [0.5, 0.6) is 0 Å². The Morgan fingerprint density at radius 1 is 1.42 bits per heavy atom. The molecule has 0 bridgehead atoms. The zero-order valence-electron chi connectivity index (χ0n) is 12.2. The fraction of sp³-hybridized carbons (Fsp3) is 0.929. The van der Waals surface area contributed by atoms with Crippen LogP contribution >= 0.6 is 0 Å². The van der Waals surface area contributed by atoms with Gasteiger partial charge in [-0.15, -0.1) is 0 Å². The summed E-state index contributed by atoms with van der Waals surface area (Å²) in [6, 6.07) is 0. The summed E-state index contributed by atoms with van der Waals surface area (Å²) in [4.78, 5) is 14.0. The molecule has 1 aliphatic carbocycles. The van der Waals surface area contributed by atoms with Crippen LogP contribution in [0, 0.1) is 5.92 Å². The highest BCUT2D eigenvalue weighted by molar-refractivity contribution is 5.77. The van der Waals surface area contributed by atoms with E-state index >= 15 is 0 Å². The maximum Gasteiger partial charge on any atom is 0.234 e. The molecule has 0 radical (unpaired) electrons. The van der Waals surface area contributed by atoms with Crippen molar-refractivity contribution in [2.75, 3.05) is 45.9 Å². The van der Waals surface area contributed by atoms with Crippen LogP contribution in [0.2, 0.25) is 0 Å². The van der Waals surface area contributed by atoms with E-state index in [1.165, 1.54) is 12.8 Å². The van der Waals surface area contributed by atoms with Gasteiger partial charge in [-0.25, -0.2) is 0 Å². The lowest BCUT2D eigenvalue weighted by atomic mass is 10.0. The molecule has 1 saturated carbocycles. The Kier molecular flexibility index (Phi) is 5.19. The molecule has 1 saturated heterocycles. The maximum absolute atomic E-state index is 11.6. The zero-order chi connectivity index (χ0) is 13.7. The van der Waals surface area contributed by atoms with Crippen LogP contribution in [0.1, 0.15) is 26.7 Å². The van der Waals surface area contributed by atoms with Crippen LogP contribution < -0.4 is 10.6 Å². The van der Waals surface area contributed by atoms with Crippen LogP contribution in [-0.2, 0) is 9.53 Å². The predicted octanol–water partition coefficient (Wildman–Crippen LogP) is 0.213. The minimum Gasteiger partial charge on any atom is -0.378 e. The van der Waals surface area contributed by atoms with Crippen molar-refractivity contribution >= 4 is 5.91 Å². The number of rotatable bonds is 7. The topological polar surface area (TPSA) is 53.6 Å². The van der Waals surface area contributed by atoms with Gasteiger partial charge in [-0.1, -0.05) is 0 Å². The van der Waals surface area contributed by atoms with E-state index in [-0.39, 0.29) is 11.4 Å². The van der Waals surface area contributed by atoms with Crippen molar-refractivity contribution in [2.45, 2.75) is 32.2 Å². The van der Waals surface area contributed by atoms with Crippen molar-refractivity contribution in [3.8, 4) is 0 Å². The third-order valence-electron chi connectivity index (χ3n) is 3.94. The number of nitrogens with one attached hydrogen (secondary N) is 2. The van der Waals surface area contributed by atoms with Crippen molar-refractivity contribution in [1.82, 2.24) is 15.5 Å². The van der Waals surface area contributed by atoms with E-state index < -0.39 is 0 Å². The molecule has 5 heteroatoms. The summed E-state index contributed by atoms with van der Waals surface area (Å²) in [5.41, 5.74) is 0.0766. The fourth-order valence-electron chi connectivity index (χ4n) is 2.41. The predicted molar refractivity (Wildman–Crippen MR) is 75.1 cm³/mol. The Morgan fingerprint density at radius 3 is 2.89 bits per heavy atom. The first-order chi connectivity index (χ1) is 9.08. The smallest absolute Gasteiger partial charge is 0.234 e. The summed E-state index contributed by atoms with van der Waals surface area (Å²) in [6.45, 7) is 9.92. The molecule has 110 valence electrons. The second kappa shape index (κ2) is 6.68. The van der Waals surface area contributed by atoms with E-state index in [9.17, 15) is 4.79 Å². The number of nitrogens with zero attached hydrogens (tertiary/aromatic N) is 1. The van der Waals surface area contributed by atoms with E-state index in [2.05, 4.69) is 29.4 Å². The number of carbonyl (C=O) groups excluding carboxylic acids is 1. The monoisotopic (exact) mass is 269 g/mol. The molecule has 2 fully saturated rings. The largest absolute Gasteiger partial charge is 0.378 e. The molecule has 0 aromatic carbocycles. The van der Waals surface area contributed by atoms with Crippen LogP contribution in [0.15, 0.2) is 0 Å². The van der Waals surface area contributed by atoms with Gasteiger partial charge in [-0.05, 0) is 39.2 Å². The molecule has 1 heterocycles. The minimum atomic E-state index is 0.0766. The van der Waals surface area contributed by atoms with Crippen molar-refractivity contribution < 1.29 is 9.53 Å². The Labute approximate surface area is 116 Å². The molecule has 2 aliphatic rings. The molecule has 2 rings (SSSR count). The number of hydrogen-bond acceptors (Lipinski definition) is 4. The Bertz CT molecular complexity index is 303. The molecule has 19 heavy (non-hydrogen) atoms. The molecule has 1 aliphatic heterocycles. The number of ether oxygens (including phenoxy) is 1. The van der Waals surface area contributed by atoms with Crippen LogP contribution in [-0.4, -0.2) is 62.3 Å². The lowest BCUT2D eigenvalue weighted by Gasteiger charge is -2.42. The van der Waals surface area contributed by atoms with Gasteiger partial charge >= 0.3 is 0 Å². The average Bonchev–Trinajstić information content (AvgIpc) is 3.15. The Hall–Kier alpha value is -0.650. The van der Waals surface area contributed by atoms with E-state index in [0.717, 1.165) is 38.8 Å². The molecule has 0 unspecified atom stereocenters. The van der Waals surface area contributed by atoms with Gasteiger partial charge in [0.2, 0.25) is 5.91 Å². The highest BCUT2D eigenvalue weighted by Gasteiger charge is 2.29. The van der Waals surface area contributed by atoms with Gasteiger partial charge in [0.25, 0.3) is 0 Å². The lowest BCUT2D eigenvalue weighted by molar-refractivity contribution is -0.120. The van der Waals surface area contributed by atoms with Gasteiger partial charge in [0.15, 0.2) is 0 Å². The second-order valence-electron chi connectivity index (χ2n) is 6.28. The number of amides is 1. The zero-order valence-corrected chi connectivity index (χ0v) is 12.2. The summed E-state index contributed by atoms with van der Waals surface area (Å²) in [7, 11) is 0. The first kappa shape index (κ1) is 14.8. The number of morpholine rings is 1. The molecule has 0 aromatic heterocycles. The average molecular weight is 269 g/mol. The van der Waals surface area contributed by atoms with Crippen LogP contribution in [0.4, 0.5) is 0 Å². The Morgan fingerprint density at radius 2 is 2.21 bits per heavy atom. The molecule has 0 spiro atoms. The SMILES string of the molecule is CC1(C)COCCN1CCNC(=O)CNCC1CC1. The normalized spacial score (nSPS) is 23.3. The van der Waals surface area contributed by atoms with Crippen molar-refractivity contribution in [1.29, 1.82) is 0 Å². The van der Waals surface area contributed by atoms with E-state index in [1.54, 1.807) is 0 Å². The number of carbonyl (C=O) groups is 1. The third-order valence-corrected chi connectivity index (χ3v) is 3.94. The molecule has 1 amide bonds. The molecular weight excluding hydrogens is 242 g/mol. The van der Waals surface area contributed by atoms with Gasteiger partial charge in [0, 0.05) is 25.2 Å². The van der Waals surface area contributed by atoms with E-state index in [1.807, 2.05) is 0 Å². The molecular formula is C14H27N3O2. The quantitative estimate of drug-likeness (QED) is 0.694. The van der Waals surface area contributed by atoms with Crippen molar-refractivity contribution in [2.24, 2.45) is 5.92 Å². The number of hydrogen-bond donors (Lipinski definition) is 2. The standard InChI is InChI=1S/C14H27N3O2/c1-14(2)11-19-8-7-17(14)6-5-16-13(18)10-15-9-12-3-4-12/h12,15H,3-11H2,1-2H3,(H,16,18). The maximum atomic E-state index is 11.6. The van der Waals surface area contributed by atoms with Crippen molar-refractivity contribution in [3.05, 3.63) is 0 Å². The van der Waals surface area contributed by atoms with E-state index in [0.29, 0.717) is 13.1 Å². The molecule has 0 atom stereocenters. The summed E-state index contributed by atoms with van der Waals surface area (Å²) >= 11 is 0. The molecule has 0 aromatic rings. The Balaban J connectivity index is 1.55. The van der Waals surface area contributed by atoms with Crippen molar-refractivity contribution in [3.63, 3.8) is 0 Å². The summed E-state index contributed by atoms with van der Waals surface area (Å²) in [5.74, 6) is 0.925. The molecule has 2 N–H and O–H groups in total. The van der Waals surface area contributed by atoms with Crippen LogP contribution in [0.3, 0.4) is 0 Å². The van der Waals surface area contributed by atoms with Gasteiger partial charge in [-0.2, -0.15) is 0 Å². The molecule has 5 nitrogen and oxygen atoms in total. The minimum absolute atomic E-state index is 0.0766. The van der Waals surface area contributed by atoms with Gasteiger partial charge in [0.05, 0.1) is 19.8 Å². The van der Waals surface area contributed by atoms with E-state index in [4.69, 9.17) is 4.74 Å².